The van der Waals surface area contributed by atoms with Crippen LogP contribution in [0, 0.1) is 11.7 Å². The zero-order valence-corrected chi connectivity index (χ0v) is 17.5. The summed E-state index contributed by atoms with van der Waals surface area (Å²) in [5.74, 6) is 0.443. The summed E-state index contributed by atoms with van der Waals surface area (Å²) < 4.78 is 13.8. The lowest BCUT2D eigenvalue weighted by molar-refractivity contribution is -0.120. The minimum Gasteiger partial charge on any atom is -0.365 e. The molecule has 1 unspecified atom stereocenters. The number of carbonyl (C=O) groups is 1. The van der Waals surface area contributed by atoms with Crippen LogP contribution in [0.25, 0.3) is 11.3 Å². The monoisotopic (exact) mass is 440 g/mol. The molecule has 0 spiro atoms. The van der Waals surface area contributed by atoms with E-state index in [9.17, 15) is 9.18 Å². The van der Waals surface area contributed by atoms with E-state index in [1.54, 1.807) is 36.7 Å². The van der Waals surface area contributed by atoms with E-state index in [-0.39, 0.29) is 24.2 Å². The van der Waals surface area contributed by atoms with Crippen molar-refractivity contribution in [1.82, 2.24) is 20.3 Å². The van der Waals surface area contributed by atoms with Crippen LogP contribution in [0.15, 0.2) is 48.9 Å². The third-order valence-corrected chi connectivity index (χ3v) is 5.40. The van der Waals surface area contributed by atoms with E-state index in [1.807, 2.05) is 0 Å². The molecule has 31 heavy (non-hydrogen) atoms. The maximum atomic E-state index is 13.8. The largest absolute Gasteiger partial charge is 0.365 e. The summed E-state index contributed by atoms with van der Waals surface area (Å²) in [4.78, 5) is 25.5. The Morgan fingerprint density at radius 1 is 1.23 bits per heavy atom. The van der Waals surface area contributed by atoms with Gasteiger partial charge in [-0.3, -0.25) is 9.78 Å². The molecule has 1 aliphatic heterocycles. The second-order valence-corrected chi connectivity index (χ2v) is 7.72. The maximum absolute atomic E-state index is 13.8. The van der Waals surface area contributed by atoms with Crippen molar-refractivity contribution >= 4 is 29.1 Å². The highest BCUT2D eigenvalue weighted by Gasteiger charge is 2.21. The summed E-state index contributed by atoms with van der Waals surface area (Å²) in [6.45, 7) is 1.87. The van der Waals surface area contributed by atoms with Crippen LogP contribution in [0.1, 0.15) is 18.4 Å². The number of nitrogens with one attached hydrogen (secondary N) is 3. The van der Waals surface area contributed by atoms with Crippen LogP contribution in [0.4, 0.5) is 16.0 Å². The number of pyridine rings is 1. The maximum Gasteiger partial charge on any atom is 0.229 e. The topological polar surface area (TPSA) is 91.8 Å². The standard InChI is InChI=1S/C22H22ClFN6O/c23-17-11-28-20(30-22(31)15-5-3-7-25-9-15)8-16(17)19-12-26-13-21(29-19)27-10-14-4-1-2-6-18(14)24/h1-2,4,6,8,11-13,15,25H,3,5,7,9-10H2,(H,27,29)(H,28,30,31). The highest BCUT2D eigenvalue weighted by molar-refractivity contribution is 6.33. The summed E-state index contributed by atoms with van der Waals surface area (Å²) in [6.07, 6.45) is 6.43. The van der Waals surface area contributed by atoms with E-state index in [2.05, 4.69) is 30.9 Å². The van der Waals surface area contributed by atoms with Gasteiger partial charge in [0.25, 0.3) is 0 Å². The summed E-state index contributed by atoms with van der Waals surface area (Å²) in [5.41, 5.74) is 1.63. The minimum atomic E-state index is -0.287. The zero-order chi connectivity index (χ0) is 21.6. The first-order chi connectivity index (χ1) is 15.1. The Morgan fingerprint density at radius 3 is 2.90 bits per heavy atom. The molecule has 7 nitrogen and oxygen atoms in total. The molecule has 1 amide bonds. The average molecular weight is 441 g/mol. The third-order valence-electron chi connectivity index (χ3n) is 5.10. The number of benzene rings is 1. The second-order valence-electron chi connectivity index (χ2n) is 7.32. The number of hydrogen-bond acceptors (Lipinski definition) is 6. The van der Waals surface area contributed by atoms with E-state index in [0.717, 1.165) is 19.4 Å². The van der Waals surface area contributed by atoms with E-state index < -0.39 is 0 Å². The fraction of sp³-hybridized carbons (Fsp3) is 0.273. The van der Waals surface area contributed by atoms with Crippen LogP contribution in [0.5, 0.6) is 0 Å². The van der Waals surface area contributed by atoms with Crippen LogP contribution < -0.4 is 16.0 Å². The van der Waals surface area contributed by atoms with Crippen LogP contribution in [0.3, 0.4) is 0 Å². The second kappa shape index (κ2) is 9.80. The van der Waals surface area contributed by atoms with Crippen molar-refractivity contribution in [1.29, 1.82) is 0 Å². The summed E-state index contributed by atoms with van der Waals surface area (Å²) in [7, 11) is 0. The first-order valence-electron chi connectivity index (χ1n) is 10.1. The van der Waals surface area contributed by atoms with Gasteiger partial charge in [0.15, 0.2) is 0 Å². The minimum absolute atomic E-state index is 0.0700. The molecule has 3 heterocycles. The van der Waals surface area contributed by atoms with Gasteiger partial charge >= 0.3 is 0 Å². The number of aromatic nitrogens is 3. The number of halogens is 2. The SMILES string of the molecule is O=C(Nc1cc(-c2cncc(NCc3ccccc3F)n2)c(Cl)cn1)C1CCCNC1. The lowest BCUT2D eigenvalue weighted by Gasteiger charge is -2.21. The van der Waals surface area contributed by atoms with Gasteiger partial charge in [0.2, 0.25) is 5.91 Å². The van der Waals surface area contributed by atoms with Gasteiger partial charge in [0.1, 0.15) is 17.5 Å². The van der Waals surface area contributed by atoms with Crippen LogP contribution in [-0.4, -0.2) is 33.9 Å². The Labute approximate surface area is 184 Å². The molecule has 4 rings (SSSR count). The molecule has 9 heteroatoms. The number of amides is 1. The molecule has 1 atom stereocenters. The van der Waals surface area contributed by atoms with Crippen molar-refractivity contribution in [2.24, 2.45) is 5.92 Å². The molecule has 1 fully saturated rings. The van der Waals surface area contributed by atoms with Gasteiger partial charge in [-0.25, -0.2) is 14.4 Å². The lowest BCUT2D eigenvalue weighted by Crippen LogP contribution is -2.37. The van der Waals surface area contributed by atoms with Gasteiger partial charge in [-0.2, -0.15) is 0 Å². The van der Waals surface area contributed by atoms with E-state index >= 15 is 0 Å². The number of rotatable bonds is 6. The van der Waals surface area contributed by atoms with Gasteiger partial charge in [-0.05, 0) is 31.5 Å². The van der Waals surface area contributed by atoms with Gasteiger partial charge in [-0.1, -0.05) is 29.8 Å². The normalized spacial score (nSPS) is 16.0. The molecule has 2 aromatic heterocycles. The third kappa shape index (κ3) is 5.34. The molecule has 1 aliphatic rings. The van der Waals surface area contributed by atoms with Gasteiger partial charge < -0.3 is 16.0 Å². The quantitative estimate of drug-likeness (QED) is 0.538. The fourth-order valence-electron chi connectivity index (χ4n) is 3.42. The van der Waals surface area contributed by atoms with Crippen molar-refractivity contribution in [2.75, 3.05) is 23.7 Å². The number of piperidine rings is 1. The summed E-state index contributed by atoms with van der Waals surface area (Å²) in [5, 5.41) is 9.55. The number of anilines is 2. The van der Waals surface area contributed by atoms with Crippen molar-refractivity contribution in [3.05, 3.63) is 65.3 Å². The predicted octanol–water partition coefficient (Wildman–Crippen LogP) is 3.88. The Bertz CT molecular complexity index is 1070. The molecule has 0 radical (unpaired) electrons. The molecule has 0 saturated carbocycles. The molecule has 3 N–H and O–H groups in total. The lowest BCUT2D eigenvalue weighted by atomic mass is 9.99. The van der Waals surface area contributed by atoms with Crippen LogP contribution in [-0.2, 0) is 11.3 Å². The first-order valence-corrected chi connectivity index (χ1v) is 10.4. The fourth-order valence-corrected chi connectivity index (χ4v) is 3.62. The highest BCUT2D eigenvalue weighted by Crippen LogP contribution is 2.28. The number of carbonyl (C=O) groups excluding carboxylic acids is 1. The van der Waals surface area contributed by atoms with Crippen molar-refractivity contribution in [3.63, 3.8) is 0 Å². The summed E-state index contributed by atoms with van der Waals surface area (Å²) >= 11 is 6.34. The van der Waals surface area contributed by atoms with Crippen molar-refractivity contribution < 1.29 is 9.18 Å². The number of nitrogens with zero attached hydrogens (tertiary/aromatic N) is 3. The van der Waals surface area contributed by atoms with Gasteiger partial charge in [0, 0.05) is 30.4 Å². The molecular formula is C22H22ClFN6O. The number of hydrogen-bond donors (Lipinski definition) is 3. The Hall–Kier alpha value is -3.10. The molecule has 160 valence electrons. The predicted molar refractivity (Wildman–Crippen MR) is 118 cm³/mol. The van der Waals surface area contributed by atoms with E-state index in [1.165, 1.54) is 12.3 Å². The molecular weight excluding hydrogens is 419 g/mol. The molecule has 0 bridgehead atoms. The molecule has 1 aromatic carbocycles. The van der Waals surface area contributed by atoms with E-state index in [4.69, 9.17) is 11.6 Å². The average Bonchev–Trinajstić information content (AvgIpc) is 2.80. The van der Waals surface area contributed by atoms with Crippen molar-refractivity contribution in [3.8, 4) is 11.3 Å². The van der Waals surface area contributed by atoms with Crippen LogP contribution >= 0.6 is 11.6 Å². The van der Waals surface area contributed by atoms with E-state index in [0.29, 0.717) is 40.0 Å². The zero-order valence-electron chi connectivity index (χ0n) is 16.7. The van der Waals surface area contributed by atoms with Gasteiger partial charge in [0.05, 0.1) is 29.0 Å². The smallest absolute Gasteiger partial charge is 0.229 e. The van der Waals surface area contributed by atoms with Gasteiger partial charge in [-0.15, -0.1) is 0 Å². The Balaban J connectivity index is 1.49. The summed E-state index contributed by atoms with van der Waals surface area (Å²) in [6, 6.07) is 8.22. The molecule has 3 aromatic rings. The first kappa shape index (κ1) is 21.1. The Kier molecular flexibility index (Phi) is 6.69. The molecule has 1 saturated heterocycles. The Morgan fingerprint density at radius 2 is 2.10 bits per heavy atom. The highest BCUT2D eigenvalue weighted by atomic mass is 35.5. The van der Waals surface area contributed by atoms with Crippen molar-refractivity contribution in [2.45, 2.75) is 19.4 Å². The van der Waals surface area contributed by atoms with Crippen LogP contribution in [0.2, 0.25) is 5.02 Å². The molecule has 0 aliphatic carbocycles.